The molecular formula is C26H27FN4O5. The number of aromatic carboxylic acids is 1. The summed E-state index contributed by atoms with van der Waals surface area (Å²) in [5, 5.41) is 19.6. The van der Waals surface area contributed by atoms with E-state index >= 15 is 4.39 Å². The number of piperidine rings is 1. The number of hydrogen-bond donors (Lipinski definition) is 1. The summed E-state index contributed by atoms with van der Waals surface area (Å²) >= 11 is 0. The molecule has 0 spiro atoms. The summed E-state index contributed by atoms with van der Waals surface area (Å²) in [5.74, 6) is -2.29. The maximum Gasteiger partial charge on any atom is 0.341 e. The van der Waals surface area contributed by atoms with Gasteiger partial charge in [0.2, 0.25) is 5.43 Å². The van der Waals surface area contributed by atoms with Crippen LogP contribution in [0, 0.1) is 23.1 Å². The Morgan fingerprint density at radius 1 is 1.31 bits per heavy atom. The smallest absolute Gasteiger partial charge is 0.341 e. The summed E-state index contributed by atoms with van der Waals surface area (Å²) in [6.45, 7) is 3.78. The molecule has 1 aromatic carbocycles. The van der Waals surface area contributed by atoms with E-state index in [2.05, 4.69) is 11.0 Å². The fourth-order valence-corrected chi connectivity index (χ4v) is 5.62. The molecule has 9 nitrogen and oxygen atoms in total. The van der Waals surface area contributed by atoms with Gasteiger partial charge in [-0.25, -0.2) is 14.0 Å². The van der Waals surface area contributed by atoms with Gasteiger partial charge in [0.05, 0.1) is 29.2 Å². The largest absolute Gasteiger partial charge is 0.477 e. The number of benzene rings is 1. The van der Waals surface area contributed by atoms with Crippen LogP contribution in [0.15, 0.2) is 29.3 Å². The van der Waals surface area contributed by atoms with Gasteiger partial charge < -0.3 is 24.2 Å². The molecule has 5 rings (SSSR count). The number of halogens is 1. The van der Waals surface area contributed by atoms with E-state index in [0.717, 1.165) is 38.3 Å². The number of fused-ring (bicyclic) bond motifs is 2. The molecule has 10 heteroatoms. The zero-order valence-electron chi connectivity index (χ0n) is 19.9. The van der Waals surface area contributed by atoms with Crippen LogP contribution < -0.4 is 10.3 Å². The number of esters is 1. The molecule has 2 saturated heterocycles. The van der Waals surface area contributed by atoms with Gasteiger partial charge in [0.25, 0.3) is 0 Å². The predicted molar refractivity (Wildman–Crippen MR) is 129 cm³/mol. The molecule has 188 valence electrons. The Bertz CT molecular complexity index is 1370. The number of nitrogens with zero attached hydrogens (tertiary/aromatic N) is 4. The number of carboxylic acid groups (broad SMARTS) is 1. The average Bonchev–Trinajstić information content (AvgIpc) is 3.60. The first-order chi connectivity index (χ1) is 17.3. The third-order valence-corrected chi connectivity index (χ3v) is 7.35. The van der Waals surface area contributed by atoms with E-state index in [1.807, 2.05) is 4.90 Å². The van der Waals surface area contributed by atoms with E-state index in [1.54, 1.807) is 17.7 Å². The number of pyridine rings is 1. The molecule has 36 heavy (non-hydrogen) atoms. The number of ether oxygens (including phenoxy) is 1. The minimum atomic E-state index is -1.38. The van der Waals surface area contributed by atoms with Crippen molar-refractivity contribution in [2.24, 2.45) is 5.92 Å². The zero-order chi connectivity index (χ0) is 25.6. The van der Waals surface area contributed by atoms with Crippen molar-refractivity contribution in [3.63, 3.8) is 0 Å². The Hall–Kier alpha value is -3.87. The lowest BCUT2D eigenvalue weighted by Crippen LogP contribution is -2.41. The lowest BCUT2D eigenvalue weighted by atomic mass is 9.92. The second-order valence-corrected chi connectivity index (χ2v) is 9.59. The van der Waals surface area contributed by atoms with Gasteiger partial charge in [-0.2, -0.15) is 5.26 Å². The first-order valence-electron chi connectivity index (χ1n) is 12.2. The second-order valence-electron chi connectivity index (χ2n) is 9.59. The van der Waals surface area contributed by atoms with Crippen LogP contribution in [0.2, 0.25) is 0 Å². The van der Waals surface area contributed by atoms with Gasteiger partial charge in [-0.3, -0.25) is 4.79 Å². The molecule has 1 aliphatic carbocycles. The zero-order valence-corrected chi connectivity index (χ0v) is 19.9. The monoisotopic (exact) mass is 494 g/mol. The average molecular weight is 495 g/mol. The molecule has 1 saturated carbocycles. The van der Waals surface area contributed by atoms with Gasteiger partial charge >= 0.3 is 11.9 Å². The third kappa shape index (κ3) is 4.08. The van der Waals surface area contributed by atoms with E-state index in [-0.39, 0.29) is 34.6 Å². The highest BCUT2D eigenvalue weighted by Crippen LogP contribution is 2.42. The Morgan fingerprint density at radius 3 is 2.75 bits per heavy atom. The molecule has 2 atom stereocenters. The number of nitriles is 1. The van der Waals surface area contributed by atoms with Gasteiger partial charge in [0, 0.05) is 44.1 Å². The summed E-state index contributed by atoms with van der Waals surface area (Å²) < 4.78 is 22.3. The summed E-state index contributed by atoms with van der Waals surface area (Å²) in [6.07, 6.45) is 7.88. The van der Waals surface area contributed by atoms with Gasteiger partial charge in [-0.15, -0.1) is 0 Å². The topological polar surface area (TPSA) is 116 Å². The van der Waals surface area contributed by atoms with Crippen LogP contribution in [0.5, 0.6) is 0 Å². The van der Waals surface area contributed by atoms with Crippen LogP contribution in [-0.2, 0) is 9.53 Å². The quantitative estimate of drug-likeness (QED) is 0.481. The maximum absolute atomic E-state index is 15.6. The molecule has 3 heterocycles. The van der Waals surface area contributed by atoms with Crippen molar-refractivity contribution < 1.29 is 23.8 Å². The summed E-state index contributed by atoms with van der Waals surface area (Å²) in [4.78, 5) is 40.3. The molecular weight excluding hydrogens is 467 g/mol. The van der Waals surface area contributed by atoms with Crippen LogP contribution in [0.25, 0.3) is 10.9 Å². The van der Waals surface area contributed by atoms with Crippen molar-refractivity contribution in [2.75, 3.05) is 31.1 Å². The SMILES string of the molecule is CCOC(=O)/C=C/N1CCC[C@H]2CN(c3c(F)cc4c(=O)c(C(=O)O)cn(C5CC5)c4c3C#N)C[C@H]21. The minimum absolute atomic E-state index is 0.0266. The molecule has 1 N–H and O–H groups in total. The van der Waals surface area contributed by atoms with Crippen molar-refractivity contribution in [1.29, 1.82) is 5.26 Å². The Morgan fingerprint density at radius 2 is 2.08 bits per heavy atom. The molecule has 0 amide bonds. The number of hydrogen-bond acceptors (Lipinski definition) is 7. The highest BCUT2D eigenvalue weighted by molar-refractivity contribution is 5.96. The van der Waals surface area contributed by atoms with Crippen LogP contribution in [-0.4, -0.2) is 58.8 Å². The van der Waals surface area contributed by atoms with Crippen molar-refractivity contribution in [2.45, 2.75) is 44.7 Å². The highest BCUT2D eigenvalue weighted by atomic mass is 19.1. The number of anilines is 1. The number of likely N-dealkylation sites (tertiary alicyclic amines) is 1. The standard InChI is InChI=1S/C26H27FN4O5/c1-2-36-22(32)7-9-29-8-3-4-15-12-30(14-21(15)29)24-18(11-28)23-17(10-20(24)27)25(33)19(26(34)35)13-31(23)16-5-6-16/h7,9-10,13,15-16,21H,2-6,8,12,14H2,1H3,(H,34,35)/b9-7+/t15-,21+/m0/s1. The number of carbonyl (C=O) groups is 2. The Balaban J connectivity index is 1.57. The molecule has 0 bridgehead atoms. The molecule has 0 unspecified atom stereocenters. The summed E-state index contributed by atoms with van der Waals surface area (Å²) in [6, 6.07) is 3.21. The number of rotatable bonds is 6. The van der Waals surface area contributed by atoms with Crippen LogP contribution in [0.1, 0.15) is 54.6 Å². The number of carboxylic acids is 1. The van der Waals surface area contributed by atoms with Gasteiger partial charge in [0.1, 0.15) is 23.0 Å². The Kier molecular flexibility index (Phi) is 6.16. The van der Waals surface area contributed by atoms with Crippen molar-refractivity contribution in [3.8, 4) is 6.07 Å². The van der Waals surface area contributed by atoms with E-state index < -0.39 is 28.7 Å². The maximum atomic E-state index is 15.6. The normalized spacial score (nSPS) is 21.6. The molecule has 0 radical (unpaired) electrons. The Labute approximate surface area is 207 Å². The molecule has 3 aliphatic rings. The van der Waals surface area contributed by atoms with Gasteiger partial charge in [-0.05, 0) is 44.6 Å². The van der Waals surface area contributed by atoms with Crippen molar-refractivity contribution >= 4 is 28.5 Å². The van der Waals surface area contributed by atoms with Crippen molar-refractivity contribution in [1.82, 2.24) is 9.47 Å². The van der Waals surface area contributed by atoms with Crippen molar-refractivity contribution in [3.05, 3.63) is 51.7 Å². The number of carbonyl (C=O) groups excluding carboxylic acids is 1. The first-order valence-corrected chi connectivity index (χ1v) is 12.2. The number of aromatic nitrogens is 1. The van der Waals surface area contributed by atoms with Gasteiger partial charge in [0.15, 0.2) is 0 Å². The van der Waals surface area contributed by atoms with Crippen LogP contribution in [0.4, 0.5) is 10.1 Å². The summed E-state index contributed by atoms with van der Waals surface area (Å²) in [7, 11) is 0. The van der Waals surface area contributed by atoms with E-state index in [4.69, 9.17) is 4.74 Å². The highest BCUT2D eigenvalue weighted by Gasteiger charge is 2.40. The fourth-order valence-electron chi connectivity index (χ4n) is 5.62. The van der Waals surface area contributed by atoms with E-state index in [1.165, 1.54) is 12.3 Å². The summed E-state index contributed by atoms with van der Waals surface area (Å²) in [5.41, 5.74) is -0.729. The third-order valence-electron chi connectivity index (χ3n) is 7.35. The molecule has 2 aliphatic heterocycles. The lowest BCUT2D eigenvalue weighted by Gasteiger charge is -2.35. The van der Waals surface area contributed by atoms with E-state index in [0.29, 0.717) is 25.2 Å². The first kappa shape index (κ1) is 23.9. The predicted octanol–water partition coefficient (Wildman–Crippen LogP) is 3.02. The second kappa shape index (κ2) is 9.30. The fraction of sp³-hybridized carbons (Fsp3) is 0.462. The van der Waals surface area contributed by atoms with E-state index in [9.17, 15) is 24.8 Å². The molecule has 3 fully saturated rings. The lowest BCUT2D eigenvalue weighted by molar-refractivity contribution is -0.137. The van der Waals surface area contributed by atoms with Gasteiger partial charge in [-0.1, -0.05) is 0 Å². The van der Waals surface area contributed by atoms with Crippen LogP contribution >= 0.6 is 0 Å². The van der Waals surface area contributed by atoms with Crippen LogP contribution in [0.3, 0.4) is 0 Å². The molecule has 2 aromatic rings. The minimum Gasteiger partial charge on any atom is -0.477 e. The molecule has 1 aromatic heterocycles.